The van der Waals surface area contributed by atoms with Crippen molar-refractivity contribution < 1.29 is 14.3 Å². The van der Waals surface area contributed by atoms with Crippen molar-refractivity contribution >= 4 is 34.6 Å². The molecule has 188 valence electrons. The van der Waals surface area contributed by atoms with Crippen LogP contribution in [-0.2, 0) is 22.4 Å². The van der Waals surface area contributed by atoms with Crippen LogP contribution in [0.4, 0.5) is 5.69 Å². The van der Waals surface area contributed by atoms with Gasteiger partial charge in [-0.3, -0.25) is 9.78 Å². The quantitative estimate of drug-likeness (QED) is 0.207. The molecular weight excluding hydrogens is 472 g/mol. The van der Waals surface area contributed by atoms with Gasteiger partial charge in [0.2, 0.25) is 0 Å². The van der Waals surface area contributed by atoms with Gasteiger partial charge in [0.15, 0.2) is 5.78 Å². The monoisotopic (exact) mass is 504 g/mol. The van der Waals surface area contributed by atoms with E-state index >= 15 is 0 Å². The molecule has 2 atom stereocenters. The number of pyridine rings is 1. The SMILES string of the molecule is CCc1cccc(C)c1C(=S)N[C@@H](Cc1ccc(NC[C@@H](N)C(=O)c2cccnc2)cc1)C(=O)OC. The van der Waals surface area contributed by atoms with E-state index in [0.717, 1.165) is 34.4 Å². The summed E-state index contributed by atoms with van der Waals surface area (Å²) in [5, 5.41) is 6.40. The van der Waals surface area contributed by atoms with E-state index in [4.69, 9.17) is 22.7 Å². The number of hydrogen-bond acceptors (Lipinski definition) is 7. The number of carbonyl (C=O) groups is 2. The lowest BCUT2D eigenvalue weighted by molar-refractivity contribution is -0.142. The zero-order valence-corrected chi connectivity index (χ0v) is 21.6. The maximum Gasteiger partial charge on any atom is 0.328 e. The highest BCUT2D eigenvalue weighted by Gasteiger charge is 2.23. The largest absolute Gasteiger partial charge is 0.467 e. The fraction of sp³-hybridized carbons (Fsp3) is 0.286. The number of nitrogens with one attached hydrogen (secondary N) is 2. The van der Waals surface area contributed by atoms with E-state index in [9.17, 15) is 9.59 Å². The van der Waals surface area contributed by atoms with Crippen molar-refractivity contribution in [3.8, 4) is 0 Å². The summed E-state index contributed by atoms with van der Waals surface area (Å²) in [5.41, 5.74) is 11.4. The molecular formula is C28H32N4O3S. The van der Waals surface area contributed by atoms with Gasteiger partial charge in [-0.25, -0.2) is 4.79 Å². The smallest absolute Gasteiger partial charge is 0.328 e. The number of ether oxygens (including phenoxy) is 1. The zero-order chi connectivity index (χ0) is 26.1. The summed E-state index contributed by atoms with van der Waals surface area (Å²) in [7, 11) is 1.37. The Hall–Kier alpha value is -3.62. The molecule has 1 aromatic heterocycles. The molecule has 4 N–H and O–H groups in total. The summed E-state index contributed by atoms with van der Waals surface area (Å²) in [6, 6.07) is 15.8. The van der Waals surface area contributed by atoms with Crippen molar-refractivity contribution in [2.45, 2.75) is 38.8 Å². The topological polar surface area (TPSA) is 106 Å². The third kappa shape index (κ3) is 6.96. The van der Waals surface area contributed by atoms with Gasteiger partial charge in [0.1, 0.15) is 11.0 Å². The number of anilines is 1. The lowest BCUT2D eigenvalue weighted by atomic mass is 9.99. The third-order valence-corrected chi connectivity index (χ3v) is 6.28. The van der Waals surface area contributed by atoms with Gasteiger partial charge in [-0.2, -0.15) is 0 Å². The maximum absolute atomic E-state index is 12.5. The van der Waals surface area contributed by atoms with Crippen LogP contribution in [-0.4, -0.2) is 47.5 Å². The first-order valence-electron chi connectivity index (χ1n) is 11.8. The number of aryl methyl sites for hydroxylation is 2. The van der Waals surface area contributed by atoms with Gasteiger partial charge >= 0.3 is 5.97 Å². The first-order valence-corrected chi connectivity index (χ1v) is 12.2. The number of thiocarbonyl (C=S) groups is 1. The lowest BCUT2D eigenvalue weighted by Gasteiger charge is -2.21. The number of esters is 1. The fourth-order valence-corrected chi connectivity index (χ4v) is 4.39. The van der Waals surface area contributed by atoms with Crippen LogP contribution >= 0.6 is 12.2 Å². The highest BCUT2D eigenvalue weighted by Crippen LogP contribution is 2.17. The average molecular weight is 505 g/mol. The van der Waals surface area contributed by atoms with Crippen LogP contribution in [0.3, 0.4) is 0 Å². The number of Topliss-reactive ketones (excluding diaryl/α,β-unsaturated/α-hetero) is 1. The number of nitrogens with zero attached hydrogens (tertiary/aromatic N) is 1. The number of hydrogen-bond donors (Lipinski definition) is 3. The van der Waals surface area contributed by atoms with E-state index in [0.29, 0.717) is 17.0 Å². The van der Waals surface area contributed by atoms with Gasteiger partial charge in [-0.1, -0.05) is 49.5 Å². The Morgan fingerprint density at radius 2 is 1.86 bits per heavy atom. The van der Waals surface area contributed by atoms with Crippen molar-refractivity contribution in [2.75, 3.05) is 19.0 Å². The van der Waals surface area contributed by atoms with Gasteiger partial charge in [-0.05, 0) is 54.3 Å². The third-order valence-electron chi connectivity index (χ3n) is 5.96. The van der Waals surface area contributed by atoms with Gasteiger partial charge in [0.05, 0.1) is 13.2 Å². The van der Waals surface area contributed by atoms with E-state index in [-0.39, 0.29) is 18.3 Å². The van der Waals surface area contributed by atoms with Gasteiger partial charge < -0.3 is 21.1 Å². The summed E-state index contributed by atoms with van der Waals surface area (Å²) in [5.74, 6) is -0.555. The Labute approximate surface area is 217 Å². The van der Waals surface area contributed by atoms with Crippen LogP contribution in [0.1, 0.15) is 39.5 Å². The van der Waals surface area contributed by atoms with Crippen molar-refractivity contribution in [3.05, 3.63) is 94.8 Å². The molecule has 0 saturated carbocycles. The van der Waals surface area contributed by atoms with E-state index in [1.54, 1.807) is 18.3 Å². The molecule has 7 nitrogen and oxygen atoms in total. The first-order chi connectivity index (χ1) is 17.3. The number of carbonyl (C=O) groups excluding carboxylic acids is 2. The number of aromatic nitrogens is 1. The molecule has 3 rings (SSSR count). The van der Waals surface area contributed by atoms with Crippen molar-refractivity contribution in [3.63, 3.8) is 0 Å². The van der Waals surface area contributed by atoms with Gasteiger partial charge in [0, 0.05) is 42.2 Å². The van der Waals surface area contributed by atoms with E-state index in [2.05, 4.69) is 22.5 Å². The molecule has 0 amide bonds. The van der Waals surface area contributed by atoms with Crippen LogP contribution in [0.15, 0.2) is 67.0 Å². The Bertz CT molecular complexity index is 1200. The summed E-state index contributed by atoms with van der Waals surface area (Å²) in [4.78, 5) is 29.5. The van der Waals surface area contributed by atoms with Crippen LogP contribution < -0.4 is 16.4 Å². The summed E-state index contributed by atoms with van der Waals surface area (Å²) in [6.45, 7) is 4.37. The number of methoxy groups -OCH3 is 1. The number of rotatable bonds is 11. The molecule has 0 bridgehead atoms. The van der Waals surface area contributed by atoms with Gasteiger partial charge in [0.25, 0.3) is 0 Å². The molecule has 0 radical (unpaired) electrons. The normalized spacial score (nSPS) is 12.3. The van der Waals surface area contributed by atoms with Crippen LogP contribution in [0.25, 0.3) is 0 Å². The summed E-state index contributed by atoms with van der Waals surface area (Å²) in [6.07, 6.45) is 4.37. The lowest BCUT2D eigenvalue weighted by Crippen LogP contribution is -2.43. The van der Waals surface area contributed by atoms with Gasteiger partial charge in [-0.15, -0.1) is 0 Å². The van der Waals surface area contributed by atoms with E-state index in [1.165, 1.54) is 13.3 Å². The minimum atomic E-state index is -0.697. The molecule has 36 heavy (non-hydrogen) atoms. The predicted molar refractivity (Wildman–Crippen MR) is 146 cm³/mol. The summed E-state index contributed by atoms with van der Waals surface area (Å²) < 4.78 is 5.03. The Balaban J connectivity index is 1.63. The van der Waals surface area contributed by atoms with Crippen LogP contribution in [0.2, 0.25) is 0 Å². The predicted octanol–water partition coefficient (Wildman–Crippen LogP) is 3.62. The molecule has 0 saturated heterocycles. The Kier molecular flexibility index (Phi) is 9.67. The first kappa shape index (κ1) is 27.0. The number of nitrogens with two attached hydrogens (primary N) is 1. The fourth-order valence-electron chi connectivity index (χ4n) is 3.95. The molecule has 0 spiro atoms. The zero-order valence-electron chi connectivity index (χ0n) is 20.8. The molecule has 0 aliphatic carbocycles. The minimum Gasteiger partial charge on any atom is -0.467 e. The standard InChI is InChI=1S/C28H32N4O3S/c1-4-20-8-5-7-18(2)25(20)27(36)32-24(28(34)35-3)15-19-10-12-22(13-11-19)31-17-23(29)26(33)21-9-6-14-30-16-21/h5-14,16,23-24,31H,4,15,17,29H2,1-3H3,(H,32,36)/t23-,24+/m1/s1. The molecule has 8 heteroatoms. The highest BCUT2D eigenvalue weighted by molar-refractivity contribution is 7.80. The Morgan fingerprint density at radius 3 is 2.50 bits per heavy atom. The van der Waals surface area contributed by atoms with Crippen molar-refractivity contribution in [1.82, 2.24) is 10.3 Å². The molecule has 0 fully saturated rings. The van der Waals surface area contributed by atoms with E-state index < -0.39 is 12.1 Å². The molecule has 0 aliphatic rings. The second-order valence-corrected chi connectivity index (χ2v) is 8.91. The molecule has 0 aliphatic heterocycles. The van der Waals surface area contributed by atoms with E-state index in [1.807, 2.05) is 49.4 Å². The number of benzene rings is 2. The highest BCUT2D eigenvalue weighted by atomic mass is 32.1. The molecule has 1 heterocycles. The molecule has 3 aromatic rings. The second-order valence-electron chi connectivity index (χ2n) is 8.51. The average Bonchev–Trinajstić information content (AvgIpc) is 2.91. The molecule has 0 unspecified atom stereocenters. The second kappa shape index (κ2) is 12.9. The van der Waals surface area contributed by atoms with Crippen LogP contribution in [0.5, 0.6) is 0 Å². The van der Waals surface area contributed by atoms with Crippen LogP contribution in [0, 0.1) is 6.92 Å². The van der Waals surface area contributed by atoms with Crippen molar-refractivity contribution in [1.29, 1.82) is 0 Å². The summed E-state index contributed by atoms with van der Waals surface area (Å²) >= 11 is 5.69. The van der Waals surface area contributed by atoms with Crippen molar-refractivity contribution in [2.24, 2.45) is 5.73 Å². The number of ketones is 1. The Morgan fingerprint density at radius 1 is 1.11 bits per heavy atom. The minimum absolute atomic E-state index is 0.171. The molecule has 2 aromatic carbocycles. The maximum atomic E-state index is 12.5.